The molecule has 1 aromatic carbocycles. The summed E-state index contributed by atoms with van der Waals surface area (Å²) in [6, 6.07) is 5.03. The smallest absolute Gasteiger partial charge is 0.323 e. The zero-order valence-electron chi connectivity index (χ0n) is 21.8. The summed E-state index contributed by atoms with van der Waals surface area (Å²) in [7, 11) is 0. The van der Waals surface area contributed by atoms with Crippen LogP contribution >= 0.6 is 23.2 Å². The van der Waals surface area contributed by atoms with E-state index < -0.39 is 0 Å². The second-order valence-corrected chi connectivity index (χ2v) is 10.8. The molecule has 3 aromatic rings. The second-order valence-electron chi connectivity index (χ2n) is 10.0. The van der Waals surface area contributed by atoms with Gasteiger partial charge in [0.15, 0.2) is 11.6 Å². The SMILES string of the molecule is CC(C)C[C@H](NCCn1cc(-c2cnc(N)c(NCc3c(Cl)cccc3Cl)n2)cn1)C(=O)OC1CCCC1. The van der Waals surface area contributed by atoms with Crippen molar-refractivity contribution in [1.82, 2.24) is 25.1 Å². The highest BCUT2D eigenvalue weighted by Crippen LogP contribution is 2.27. The Morgan fingerprint density at radius 1 is 1.21 bits per heavy atom. The Labute approximate surface area is 233 Å². The van der Waals surface area contributed by atoms with Crippen molar-refractivity contribution in [3.63, 3.8) is 0 Å². The summed E-state index contributed by atoms with van der Waals surface area (Å²) in [5.41, 5.74) is 8.23. The number of ether oxygens (including phenoxy) is 1. The van der Waals surface area contributed by atoms with Gasteiger partial charge in [0.1, 0.15) is 12.1 Å². The minimum Gasteiger partial charge on any atom is -0.461 e. The normalized spacial score (nSPS) is 14.7. The number of halogens is 2. The molecule has 1 saturated carbocycles. The van der Waals surface area contributed by atoms with Crippen molar-refractivity contribution in [2.24, 2.45) is 5.92 Å². The number of nitrogens with one attached hydrogen (secondary N) is 2. The number of carbonyl (C=O) groups is 1. The summed E-state index contributed by atoms with van der Waals surface area (Å²) in [6.07, 6.45) is 10.2. The molecule has 0 aliphatic heterocycles. The molecule has 204 valence electrons. The Morgan fingerprint density at radius 2 is 1.95 bits per heavy atom. The van der Waals surface area contributed by atoms with Crippen molar-refractivity contribution in [1.29, 1.82) is 0 Å². The lowest BCUT2D eigenvalue weighted by molar-refractivity contribution is -0.151. The van der Waals surface area contributed by atoms with Gasteiger partial charge in [0, 0.05) is 40.5 Å². The molecule has 1 aliphatic rings. The maximum atomic E-state index is 12.8. The lowest BCUT2D eigenvalue weighted by Gasteiger charge is -2.21. The van der Waals surface area contributed by atoms with Gasteiger partial charge in [-0.15, -0.1) is 0 Å². The lowest BCUT2D eigenvalue weighted by atomic mass is 10.0. The standard InChI is InChI=1S/C27H35Cl2N7O2/c1-17(2)12-23(27(37)38-19-6-3-4-7-19)31-10-11-36-16-18(13-34-36)24-15-32-25(30)26(35-24)33-14-20-21(28)8-5-9-22(20)29/h5,8-9,13,15-17,19,23,31H,3-4,6-7,10-12,14H2,1-2H3,(H2,30,32)(H,33,35)/t23-/m0/s1. The van der Waals surface area contributed by atoms with Crippen LogP contribution in [0, 0.1) is 5.92 Å². The van der Waals surface area contributed by atoms with Gasteiger partial charge in [-0.2, -0.15) is 5.10 Å². The number of rotatable bonds is 12. The summed E-state index contributed by atoms with van der Waals surface area (Å²) in [4.78, 5) is 21.7. The molecule has 1 aliphatic carbocycles. The van der Waals surface area contributed by atoms with Gasteiger partial charge in [-0.1, -0.05) is 43.1 Å². The molecule has 1 fully saturated rings. The van der Waals surface area contributed by atoms with E-state index in [-0.39, 0.29) is 23.9 Å². The highest BCUT2D eigenvalue weighted by Gasteiger charge is 2.26. The first kappa shape index (κ1) is 28.1. The molecule has 11 heteroatoms. The first-order valence-corrected chi connectivity index (χ1v) is 13.8. The summed E-state index contributed by atoms with van der Waals surface area (Å²) in [5.74, 6) is 0.933. The van der Waals surface area contributed by atoms with Crippen LogP contribution in [0.3, 0.4) is 0 Å². The van der Waals surface area contributed by atoms with Crippen molar-refractivity contribution in [2.75, 3.05) is 17.6 Å². The first-order valence-electron chi connectivity index (χ1n) is 13.1. The molecule has 0 radical (unpaired) electrons. The number of hydrogen-bond donors (Lipinski definition) is 3. The van der Waals surface area contributed by atoms with Gasteiger partial charge in [-0.05, 0) is 50.2 Å². The highest BCUT2D eigenvalue weighted by molar-refractivity contribution is 6.36. The lowest BCUT2D eigenvalue weighted by Crippen LogP contribution is -2.41. The Hall–Kier alpha value is -2.88. The Kier molecular flexibility index (Phi) is 9.82. The predicted molar refractivity (Wildman–Crippen MR) is 151 cm³/mol. The van der Waals surface area contributed by atoms with E-state index in [1.165, 1.54) is 0 Å². The van der Waals surface area contributed by atoms with E-state index >= 15 is 0 Å². The van der Waals surface area contributed by atoms with E-state index in [1.54, 1.807) is 30.6 Å². The Bertz CT molecular complexity index is 1210. The van der Waals surface area contributed by atoms with E-state index in [0.717, 1.165) is 43.2 Å². The van der Waals surface area contributed by atoms with Crippen LogP contribution in [0.2, 0.25) is 10.0 Å². The summed E-state index contributed by atoms with van der Waals surface area (Å²) < 4.78 is 7.56. The molecule has 0 amide bonds. The van der Waals surface area contributed by atoms with Gasteiger partial charge >= 0.3 is 5.97 Å². The molecular weight excluding hydrogens is 525 g/mol. The average Bonchev–Trinajstić information content (AvgIpc) is 3.56. The molecule has 0 unspecified atom stereocenters. The van der Waals surface area contributed by atoms with Crippen molar-refractivity contribution in [3.8, 4) is 11.3 Å². The summed E-state index contributed by atoms with van der Waals surface area (Å²) in [6.45, 7) is 5.74. The van der Waals surface area contributed by atoms with Gasteiger partial charge in [0.05, 0.1) is 24.6 Å². The number of nitrogens with two attached hydrogens (primary N) is 1. The molecule has 0 spiro atoms. The zero-order chi connectivity index (χ0) is 27.1. The van der Waals surface area contributed by atoms with Gasteiger partial charge in [-0.3, -0.25) is 9.48 Å². The third-order valence-corrected chi connectivity index (χ3v) is 7.24. The third-order valence-electron chi connectivity index (χ3n) is 6.53. The fraction of sp³-hybridized carbons (Fsp3) is 0.481. The molecule has 38 heavy (non-hydrogen) atoms. The van der Waals surface area contributed by atoms with E-state index in [1.807, 2.05) is 10.9 Å². The van der Waals surface area contributed by atoms with Crippen molar-refractivity contribution >= 4 is 40.8 Å². The molecule has 1 atom stereocenters. The Balaban J connectivity index is 1.35. The largest absolute Gasteiger partial charge is 0.461 e. The number of benzene rings is 1. The van der Waals surface area contributed by atoms with Crippen molar-refractivity contribution in [2.45, 2.75) is 71.2 Å². The summed E-state index contributed by atoms with van der Waals surface area (Å²) in [5, 5.41) is 12.1. The van der Waals surface area contributed by atoms with Crippen LogP contribution in [0.1, 0.15) is 51.5 Å². The van der Waals surface area contributed by atoms with Crippen LogP contribution < -0.4 is 16.4 Å². The van der Waals surface area contributed by atoms with Crippen LogP contribution in [0.25, 0.3) is 11.3 Å². The van der Waals surface area contributed by atoms with Crippen LogP contribution in [0.5, 0.6) is 0 Å². The fourth-order valence-corrected chi connectivity index (χ4v) is 5.03. The molecule has 4 N–H and O–H groups in total. The van der Waals surface area contributed by atoms with Crippen LogP contribution in [-0.2, 0) is 22.6 Å². The number of anilines is 2. The van der Waals surface area contributed by atoms with Crippen molar-refractivity contribution in [3.05, 3.63) is 52.4 Å². The van der Waals surface area contributed by atoms with E-state index in [4.69, 9.17) is 33.7 Å². The number of nitrogen functional groups attached to an aromatic ring is 1. The summed E-state index contributed by atoms with van der Waals surface area (Å²) >= 11 is 12.5. The molecule has 0 saturated heterocycles. The molecule has 9 nitrogen and oxygen atoms in total. The van der Waals surface area contributed by atoms with Crippen LogP contribution in [-0.4, -0.2) is 44.4 Å². The van der Waals surface area contributed by atoms with Crippen LogP contribution in [0.15, 0.2) is 36.8 Å². The van der Waals surface area contributed by atoms with E-state index in [9.17, 15) is 4.79 Å². The minimum absolute atomic E-state index is 0.0645. The average molecular weight is 561 g/mol. The van der Waals surface area contributed by atoms with E-state index in [2.05, 4.69) is 39.5 Å². The van der Waals surface area contributed by atoms with Gasteiger partial charge < -0.3 is 21.1 Å². The van der Waals surface area contributed by atoms with E-state index in [0.29, 0.717) is 47.1 Å². The molecule has 4 rings (SSSR count). The third kappa shape index (κ3) is 7.58. The quantitative estimate of drug-likeness (QED) is 0.254. The maximum absolute atomic E-state index is 12.8. The maximum Gasteiger partial charge on any atom is 0.323 e. The Morgan fingerprint density at radius 3 is 2.66 bits per heavy atom. The fourth-order valence-electron chi connectivity index (χ4n) is 4.50. The van der Waals surface area contributed by atoms with Crippen molar-refractivity contribution < 1.29 is 9.53 Å². The zero-order valence-corrected chi connectivity index (χ0v) is 23.3. The number of nitrogens with zero attached hydrogens (tertiary/aromatic N) is 4. The molecule has 0 bridgehead atoms. The van der Waals surface area contributed by atoms with Gasteiger partial charge in [0.25, 0.3) is 0 Å². The predicted octanol–water partition coefficient (Wildman–Crippen LogP) is 5.33. The van der Waals surface area contributed by atoms with Crippen LogP contribution in [0.4, 0.5) is 11.6 Å². The number of esters is 1. The number of carbonyl (C=O) groups excluding carboxylic acids is 1. The second kappa shape index (κ2) is 13.3. The molecule has 2 aromatic heterocycles. The number of hydrogen-bond acceptors (Lipinski definition) is 8. The molecular formula is C27H35Cl2N7O2. The topological polar surface area (TPSA) is 120 Å². The van der Waals surface area contributed by atoms with Gasteiger partial charge in [-0.25, -0.2) is 9.97 Å². The highest BCUT2D eigenvalue weighted by atomic mass is 35.5. The monoisotopic (exact) mass is 559 g/mol. The number of aromatic nitrogens is 4. The van der Waals surface area contributed by atoms with Gasteiger partial charge in [0.2, 0.25) is 0 Å². The first-order chi connectivity index (χ1) is 18.3. The minimum atomic E-state index is -0.325. The molecule has 2 heterocycles.